The van der Waals surface area contributed by atoms with Gasteiger partial charge in [-0.15, -0.1) is 6.42 Å². The van der Waals surface area contributed by atoms with E-state index in [1.807, 2.05) is 30.3 Å². The molecule has 0 fully saturated rings. The second-order valence-corrected chi connectivity index (χ2v) is 3.41. The zero-order valence-electron chi connectivity index (χ0n) is 9.28. The zero-order chi connectivity index (χ0) is 11.5. The minimum atomic E-state index is 0.711. The van der Waals surface area contributed by atoms with Crippen LogP contribution < -0.4 is 9.47 Å². The lowest BCUT2D eigenvalue weighted by atomic mass is 10.1. The van der Waals surface area contributed by atoms with Gasteiger partial charge in [-0.1, -0.05) is 12.0 Å². The Balaban J connectivity index is 2.69. The van der Waals surface area contributed by atoms with Crippen LogP contribution in [0.5, 0.6) is 11.5 Å². The van der Waals surface area contributed by atoms with Crippen LogP contribution in [0.15, 0.2) is 30.3 Å². The maximum Gasteiger partial charge on any atom is 0.135 e. The predicted octanol–water partition coefficient (Wildman–Crippen LogP) is 2.84. The Morgan fingerprint density at radius 2 is 1.81 bits per heavy atom. The van der Waals surface area contributed by atoms with Crippen LogP contribution in [0, 0.1) is 12.3 Å². The first-order valence-electron chi connectivity index (χ1n) is 4.91. The van der Waals surface area contributed by atoms with Gasteiger partial charge in [0.05, 0.1) is 19.8 Å². The molecular weight excluding hydrogens is 200 g/mol. The van der Waals surface area contributed by atoms with Crippen molar-refractivity contribution in [1.82, 2.24) is 0 Å². The van der Waals surface area contributed by atoms with Crippen LogP contribution in [0.3, 0.4) is 0 Å². The Morgan fingerprint density at radius 1 is 1.00 bits per heavy atom. The number of ether oxygens (including phenoxy) is 2. The molecule has 0 aromatic heterocycles. The monoisotopic (exact) mass is 212 g/mol. The van der Waals surface area contributed by atoms with Crippen molar-refractivity contribution in [3.63, 3.8) is 0 Å². The highest BCUT2D eigenvalue weighted by Crippen LogP contribution is 2.28. The summed E-state index contributed by atoms with van der Waals surface area (Å²) in [6.45, 7) is 0. The van der Waals surface area contributed by atoms with E-state index >= 15 is 0 Å². The van der Waals surface area contributed by atoms with Crippen molar-refractivity contribution < 1.29 is 9.47 Å². The molecule has 16 heavy (non-hydrogen) atoms. The number of rotatable bonds is 2. The molecule has 2 nitrogen and oxygen atoms in total. The van der Waals surface area contributed by atoms with Gasteiger partial charge in [0.2, 0.25) is 0 Å². The SMILES string of the molecule is C#Cc1cc2ccc(OC)cc2cc1OC. The third-order valence-electron chi connectivity index (χ3n) is 2.52. The van der Waals surface area contributed by atoms with Crippen LogP contribution in [-0.2, 0) is 0 Å². The van der Waals surface area contributed by atoms with Crippen molar-refractivity contribution in [3.05, 3.63) is 35.9 Å². The molecule has 0 unspecified atom stereocenters. The van der Waals surface area contributed by atoms with E-state index in [4.69, 9.17) is 15.9 Å². The van der Waals surface area contributed by atoms with Gasteiger partial charge in [-0.05, 0) is 35.0 Å². The lowest BCUT2D eigenvalue weighted by molar-refractivity contribution is 0.413. The summed E-state index contributed by atoms with van der Waals surface area (Å²) in [5.41, 5.74) is 0.764. The third kappa shape index (κ3) is 1.68. The summed E-state index contributed by atoms with van der Waals surface area (Å²) in [6.07, 6.45) is 5.42. The zero-order valence-corrected chi connectivity index (χ0v) is 9.28. The molecule has 2 aromatic carbocycles. The van der Waals surface area contributed by atoms with Gasteiger partial charge in [0.1, 0.15) is 11.5 Å². The normalized spacial score (nSPS) is 9.81. The molecular formula is C14H12O2. The molecule has 0 spiro atoms. The lowest BCUT2D eigenvalue weighted by Gasteiger charge is -2.07. The molecule has 2 aromatic rings. The first-order chi connectivity index (χ1) is 7.78. The molecule has 0 aliphatic carbocycles. The smallest absolute Gasteiger partial charge is 0.135 e. The molecule has 0 saturated heterocycles. The fourth-order valence-electron chi connectivity index (χ4n) is 1.66. The largest absolute Gasteiger partial charge is 0.497 e. The number of hydrogen-bond acceptors (Lipinski definition) is 2. The molecule has 0 radical (unpaired) electrons. The number of fused-ring (bicyclic) bond motifs is 1. The van der Waals surface area contributed by atoms with E-state index in [-0.39, 0.29) is 0 Å². The first kappa shape index (κ1) is 10.4. The van der Waals surface area contributed by atoms with Crippen LogP contribution in [0.4, 0.5) is 0 Å². The van der Waals surface area contributed by atoms with Crippen molar-refractivity contribution >= 4 is 10.8 Å². The summed E-state index contributed by atoms with van der Waals surface area (Å²) in [5, 5.41) is 2.13. The fourth-order valence-corrected chi connectivity index (χ4v) is 1.66. The van der Waals surface area contributed by atoms with E-state index in [1.165, 1.54) is 0 Å². The minimum absolute atomic E-state index is 0.711. The Morgan fingerprint density at radius 3 is 2.44 bits per heavy atom. The van der Waals surface area contributed by atoms with Crippen LogP contribution in [-0.4, -0.2) is 14.2 Å². The number of hydrogen-bond donors (Lipinski definition) is 0. The summed E-state index contributed by atoms with van der Waals surface area (Å²) in [4.78, 5) is 0. The van der Waals surface area contributed by atoms with Crippen LogP contribution in [0.25, 0.3) is 10.8 Å². The van der Waals surface area contributed by atoms with Crippen LogP contribution >= 0.6 is 0 Å². The second-order valence-electron chi connectivity index (χ2n) is 3.41. The number of terminal acetylenes is 1. The highest BCUT2D eigenvalue weighted by molar-refractivity contribution is 5.87. The quantitative estimate of drug-likeness (QED) is 0.713. The Bertz CT molecular complexity index is 565. The fraction of sp³-hybridized carbons (Fsp3) is 0.143. The van der Waals surface area contributed by atoms with Crippen molar-refractivity contribution in [2.45, 2.75) is 0 Å². The van der Waals surface area contributed by atoms with E-state index in [2.05, 4.69) is 5.92 Å². The third-order valence-corrected chi connectivity index (χ3v) is 2.52. The van der Waals surface area contributed by atoms with E-state index in [0.29, 0.717) is 5.75 Å². The Kier molecular flexibility index (Phi) is 2.70. The summed E-state index contributed by atoms with van der Waals surface area (Å²) in [7, 11) is 3.26. The van der Waals surface area contributed by atoms with Gasteiger partial charge < -0.3 is 9.47 Å². The summed E-state index contributed by atoms with van der Waals surface area (Å²) in [6, 6.07) is 9.71. The van der Waals surface area contributed by atoms with Crippen LogP contribution in [0.2, 0.25) is 0 Å². The molecule has 80 valence electrons. The standard InChI is InChI=1S/C14H12O2/c1-4-10-7-11-5-6-13(15-2)8-12(11)9-14(10)16-3/h1,5-9H,2-3H3. The minimum Gasteiger partial charge on any atom is -0.497 e. The molecule has 0 atom stereocenters. The molecule has 0 amide bonds. The Labute approximate surface area is 94.8 Å². The van der Waals surface area contributed by atoms with Gasteiger partial charge in [-0.25, -0.2) is 0 Å². The molecule has 0 aliphatic rings. The number of benzene rings is 2. The van der Waals surface area contributed by atoms with E-state index in [1.54, 1.807) is 14.2 Å². The summed E-state index contributed by atoms with van der Waals surface area (Å²) < 4.78 is 10.4. The molecule has 0 bridgehead atoms. The maximum absolute atomic E-state index is 5.42. The topological polar surface area (TPSA) is 18.5 Å². The van der Waals surface area contributed by atoms with E-state index in [0.717, 1.165) is 22.1 Å². The summed E-state index contributed by atoms with van der Waals surface area (Å²) >= 11 is 0. The van der Waals surface area contributed by atoms with Crippen molar-refractivity contribution in [1.29, 1.82) is 0 Å². The second kappa shape index (κ2) is 4.16. The average Bonchev–Trinajstić information content (AvgIpc) is 2.36. The maximum atomic E-state index is 5.42. The molecule has 2 heteroatoms. The molecule has 2 rings (SSSR count). The lowest BCUT2D eigenvalue weighted by Crippen LogP contribution is -1.89. The molecule has 0 N–H and O–H groups in total. The predicted molar refractivity (Wildman–Crippen MR) is 65.0 cm³/mol. The molecule has 0 saturated carbocycles. The van der Waals surface area contributed by atoms with Crippen molar-refractivity contribution in [2.24, 2.45) is 0 Å². The number of methoxy groups -OCH3 is 2. The van der Waals surface area contributed by atoms with Gasteiger partial charge in [-0.2, -0.15) is 0 Å². The van der Waals surface area contributed by atoms with Gasteiger partial charge >= 0.3 is 0 Å². The average molecular weight is 212 g/mol. The van der Waals surface area contributed by atoms with E-state index < -0.39 is 0 Å². The summed E-state index contributed by atoms with van der Waals surface area (Å²) in [5.74, 6) is 4.14. The molecule has 0 aliphatic heterocycles. The first-order valence-corrected chi connectivity index (χ1v) is 4.91. The van der Waals surface area contributed by atoms with Gasteiger partial charge in [0, 0.05) is 0 Å². The van der Waals surface area contributed by atoms with Crippen molar-refractivity contribution in [2.75, 3.05) is 14.2 Å². The van der Waals surface area contributed by atoms with Gasteiger partial charge in [0.15, 0.2) is 0 Å². The van der Waals surface area contributed by atoms with Crippen LogP contribution in [0.1, 0.15) is 5.56 Å². The Hall–Kier alpha value is -2.14. The van der Waals surface area contributed by atoms with Crippen molar-refractivity contribution in [3.8, 4) is 23.8 Å². The van der Waals surface area contributed by atoms with Gasteiger partial charge in [-0.3, -0.25) is 0 Å². The molecule has 0 heterocycles. The highest BCUT2D eigenvalue weighted by Gasteiger charge is 2.04. The van der Waals surface area contributed by atoms with Gasteiger partial charge in [0.25, 0.3) is 0 Å². The van der Waals surface area contributed by atoms with E-state index in [9.17, 15) is 0 Å². The highest BCUT2D eigenvalue weighted by atomic mass is 16.5.